The van der Waals surface area contributed by atoms with Gasteiger partial charge in [-0.1, -0.05) is 39.3 Å². The van der Waals surface area contributed by atoms with Gasteiger partial charge in [0.25, 0.3) is 0 Å². The van der Waals surface area contributed by atoms with Crippen LogP contribution in [0.4, 0.5) is 5.88 Å². The molecule has 2 heterocycles. The average Bonchev–Trinajstić information content (AvgIpc) is 2.96. The van der Waals surface area contributed by atoms with Crippen molar-refractivity contribution in [1.82, 2.24) is 5.16 Å². The van der Waals surface area contributed by atoms with Crippen molar-refractivity contribution < 1.29 is 4.52 Å². The van der Waals surface area contributed by atoms with E-state index in [4.69, 9.17) is 10.3 Å². The molecular formula is C14H11BrN2OS. The monoisotopic (exact) mass is 334 g/mol. The Balaban J connectivity index is 2.22. The maximum absolute atomic E-state index is 5.94. The molecule has 19 heavy (non-hydrogen) atoms. The van der Waals surface area contributed by atoms with Crippen LogP contribution in [-0.4, -0.2) is 5.16 Å². The Bertz CT molecular complexity index is 733. The van der Waals surface area contributed by atoms with Crippen molar-refractivity contribution in [3.63, 3.8) is 0 Å². The van der Waals surface area contributed by atoms with Crippen LogP contribution in [0.3, 0.4) is 0 Å². The van der Waals surface area contributed by atoms with Gasteiger partial charge in [-0.3, -0.25) is 0 Å². The van der Waals surface area contributed by atoms with E-state index in [2.05, 4.69) is 34.1 Å². The molecule has 0 amide bonds. The topological polar surface area (TPSA) is 52.0 Å². The van der Waals surface area contributed by atoms with Crippen LogP contribution in [0.5, 0.6) is 0 Å². The third kappa shape index (κ3) is 2.19. The summed E-state index contributed by atoms with van der Waals surface area (Å²) in [6.07, 6.45) is 0. The van der Waals surface area contributed by atoms with Crippen LogP contribution in [0.15, 0.2) is 45.4 Å². The zero-order valence-electron chi connectivity index (χ0n) is 10.2. The second-order valence-electron chi connectivity index (χ2n) is 4.16. The number of hydrogen-bond donors (Lipinski definition) is 1. The molecule has 0 aliphatic heterocycles. The number of aromatic nitrogens is 1. The number of halogens is 1. The molecule has 1 aromatic carbocycles. The zero-order chi connectivity index (χ0) is 13.4. The lowest BCUT2D eigenvalue weighted by molar-refractivity contribution is 0.439. The smallest absolute Gasteiger partial charge is 0.230 e. The van der Waals surface area contributed by atoms with E-state index >= 15 is 0 Å². The van der Waals surface area contributed by atoms with E-state index in [1.54, 1.807) is 11.3 Å². The van der Waals surface area contributed by atoms with E-state index < -0.39 is 0 Å². The number of nitrogens with zero attached hydrogens (tertiary/aromatic N) is 1. The Morgan fingerprint density at radius 2 is 2.00 bits per heavy atom. The third-order valence-electron chi connectivity index (χ3n) is 2.84. The van der Waals surface area contributed by atoms with E-state index in [1.807, 2.05) is 30.3 Å². The van der Waals surface area contributed by atoms with Gasteiger partial charge in [0.15, 0.2) is 0 Å². The quantitative estimate of drug-likeness (QED) is 0.737. The molecule has 3 rings (SSSR count). The summed E-state index contributed by atoms with van der Waals surface area (Å²) in [5.41, 5.74) is 8.57. The number of thiophene rings is 1. The van der Waals surface area contributed by atoms with Gasteiger partial charge < -0.3 is 10.3 Å². The number of nitrogen functional groups attached to an aromatic ring is 1. The van der Waals surface area contributed by atoms with E-state index in [-0.39, 0.29) is 0 Å². The molecule has 3 aromatic rings. The van der Waals surface area contributed by atoms with Gasteiger partial charge in [0.2, 0.25) is 5.88 Å². The summed E-state index contributed by atoms with van der Waals surface area (Å²) in [5, 5.41) is 4.11. The summed E-state index contributed by atoms with van der Waals surface area (Å²) in [7, 11) is 0. The summed E-state index contributed by atoms with van der Waals surface area (Å²) in [6.45, 7) is 2.07. The predicted octanol–water partition coefficient (Wildman–Crippen LogP) is 4.72. The van der Waals surface area contributed by atoms with Gasteiger partial charge in [0.1, 0.15) is 5.69 Å². The molecule has 3 nitrogen and oxygen atoms in total. The summed E-state index contributed by atoms with van der Waals surface area (Å²) >= 11 is 5.22. The Labute approximate surface area is 123 Å². The first-order valence-electron chi connectivity index (χ1n) is 5.73. The molecule has 5 heteroatoms. The van der Waals surface area contributed by atoms with Crippen molar-refractivity contribution in [2.75, 3.05) is 5.73 Å². The van der Waals surface area contributed by atoms with Gasteiger partial charge in [0, 0.05) is 14.9 Å². The minimum Gasteiger partial charge on any atom is -0.367 e. The highest BCUT2D eigenvalue weighted by molar-refractivity contribution is 9.10. The molecule has 0 saturated heterocycles. The number of rotatable bonds is 2. The van der Waals surface area contributed by atoms with Gasteiger partial charge in [-0.2, -0.15) is 0 Å². The van der Waals surface area contributed by atoms with Crippen molar-refractivity contribution in [2.24, 2.45) is 0 Å². The SMILES string of the molecule is Cc1ccc(-c2noc(N)c2-c2ccccc2Br)s1. The minimum atomic E-state index is 0.341. The summed E-state index contributed by atoms with van der Waals surface area (Å²) < 4.78 is 6.15. The molecule has 0 saturated carbocycles. The fourth-order valence-corrected chi connectivity index (χ4v) is 3.30. The van der Waals surface area contributed by atoms with E-state index in [0.29, 0.717) is 5.88 Å². The van der Waals surface area contributed by atoms with Crippen LogP contribution in [0.1, 0.15) is 4.88 Å². The highest BCUT2D eigenvalue weighted by Crippen LogP contribution is 2.41. The van der Waals surface area contributed by atoms with Crippen LogP contribution >= 0.6 is 27.3 Å². The van der Waals surface area contributed by atoms with Gasteiger partial charge in [-0.15, -0.1) is 11.3 Å². The first-order valence-corrected chi connectivity index (χ1v) is 7.34. The summed E-state index contributed by atoms with van der Waals surface area (Å²) in [6, 6.07) is 12.0. The average molecular weight is 335 g/mol. The van der Waals surface area contributed by atoms with Crippen LogP contribution in [0, 0.1) is 6.92 Å². The van der Waals surface area contributed by atoms with Crippen molar-refractivity contribution in [3.8, 4) is 21.7 Å². The van der Waals surface area contributed by atoms with Gasteiger partial charge in [-0.05, 0) is 25.1 Å². The Hall–Kier alpha value is -1.59. The Morgan fingerprint density at radius 3 is 2.68 bits per heavy atom. The number of anilines is 1. The van der Waals surface area contributed by atoms with Crippen LogP contribution in [0.25, 0.3) is 21.7 Å². The lowest BCUT2D eigenvalue weighted by atomic mass is 10.1. The molecule has 0 spiro atoms. The van der Waals surface area contributed by atoms with E-state index in [1.165, 1.54) is 4.88 Å². The number of aryl methyl sites for hydroxylation is 1. The lowest BCUT2D eigenvalue weighted by Crippen LogP contribution is -1.87. The second-order valence-corrected chi connectivity index (χ2v) is 6.30. The largest absolute Gasteiger partial charge is 0.367 e. The van der Waals surface area contributed by atoms with Gasteiger partial charge >= 0.3 is 0 Å². The highest BCUT2D eigenvalue weighted by atomic mass is 79.9. The molecule has 2 N–H and O–H groups in total. The Kier molecular flexibility index (Phi) is 3.16. The van der Waals surface area contributed by atoms with Gasteiger partial charge in [-0.25, -0.2) is 0 Å². The fourth-order valence-electron chi connectivity index (χ4n) is 1.96. The molecule has 0 atom stereocenters. The minimum absolute atomic E-state index is 0.341. The van der Waals surface area contributed by atoms with Crippen molar-refractivity contribution in [2.45, 2.75) is 6.92 Å². The molecule has 0 bridgehead atoms. The zero-order valence-corrected chi connectivity index (χ0v) is 12.6. The van der Waals surface area contributed by atoms with Crippen molar-refractivity contribution in [1.29, 1.82) is 0 Å². The molecule has 0 aliphatic rings. The van der Waals surface area contributed by atoms with Gasteiger partial charge in [0.05, 0.1) is 10.4 Å². The Morgan fingerprint density at radius 1 is 1.21 bits per heavy atom. The molecule has 0 aliphatic carbocycles. The first kappa shape index (κ1) is 12.4. The van der Waals surface area contributed by atoms with E-state index in [9.17, 15) is 0 Å². The normalized spacial score (nSPS) is 10.8. The third-order valence-corrected chi connectivity index (χ3v) is 4.53. The summed E-state index contributed by atoms with van der Waals surface area (Å²) in [4.78, 5) is 2.29. The van der Waals surface area contributed by atoms with Crippen LogP contribution in [-0.2, 0) is 0 Å². The molecular weight excluding hydrogens is 324 g/mol. The van der Waals surface area contributed by atoms with E-state index in [0.717, 1.165) is 26.2 Å². The predicted molar refractivity (Wildman–Crippen MR) is 82.1 cm³/mol. The molecule has 0 fully saturated rings. The van der Waals surface area contributed by atoms with Crippen molar-refractivity contribution in [3.05, 3.63) is 45.7 Å². The van der Waals surface area contributed by atoms with Crippen molar-refractivity contribution >= 4 is 33.2 Å². The maximum Gasteiger partial charge on any atom is 0.230 e. The second kappa shape index (κ2) is 4.83. The highest BCUT2D eigenvalue weighted by Gasteiger charge is 2.20. The molecule has 0 unspecified atom stereocenters. The molecule has 2 aromatic heterocycles. The fraction of sp³-hybridized carbons (Fsp3) is 0.0714. The lowest BCUT2D eigenvalue weighted by Gasteiger charge is -2.03. The molecule has 96 valence electrons. The van der Waals surface area contributed by atoms with Crippen LogP contribution < -0.4 is 5.73 Å². The number of hydrogen-bond acceptors (Lipinski definition) is 4. The number of benzene rings is 1. The maximum atomic E-state index is 5.94. The first-order chi connectivity index (χ1) is 9.16. The number of nitrogens with two attached hydrogens (primary N) is 1. The van der Waals surface area contributed by atoms with Crippen LogP contribution in [0.2, 0.25) is 0 Å². The molecule has 0 radical (unpaired) electrons. The standard InChI is InChI=1S/C14H11BrN2OS/c1-8-6-7-11(19-8)13-12(14(16)18-17-13)9-4-2-3-5-10(9)15/h2-7H,16H2,1H3. The summed E-state index contributed by atoms with van der Waals surface area (Å²) in [5.74, 6) is 0.341.